The molecule has 1 saturated heterocycles. The standard InChI is InChI=1S/C24H25NO2S/c1-19-12-14-23(15-13-19)28(26,27)25-17-16-22(20-8-4-2-5-9-20)18-24(25)21-10-6-3-7-11-21/h2-15,22,24H,16-18H2,1H3/t22-,24+/m1/s1. The van der Waals surface area contributed by atoms with Gasteiger partial charge in [-0.25, -0.2) is 8.42 Å². The van der Waals surface area contributed by atoms with Crippen LogP contribution in [0.2, 0.25) is 0 Å². The van der Waals surface area contributed by atoms with Crippen molar-refractivity contribution >= 4 is 10.0 Å². The van der Waals surface area contributed by atoms with Crippen molar-refractivity contribution in [2.45, 2.75) is 36.6 Å². The van der Waals surface area contributed by atoms with Crippen LogP contribution >= 0.6 is 0 Å². The summed E-state index contributed by atoms with van der Waals surface area (Å²) in [5, 5.41) is 0. The molecule has 0 spiro atoms. The van der Waals surface area contributed by atoms with Crippen molar-refractivity contribution in [3.63, 3.8) is 0 Å². The minimum atomic E-state index is -3.55. The fraction of sp³-hybridized carbons (Fsp3) is 0.250. The summed E-state index contributed by atoms with van der Waals surface area (Å²) in [4.78, 5) is 0.372. The number of hydrogen-bond donors (Lipinski definition) is 0. The maximum atomic E-state index is 13.5. The molecule has 0 aromatic heterocycles. The molecule has 144 valence electrons. The van der Waals surface area contributed by atoms with E-state index in [1.165, 1.54) is 5.56 Å². The van der Waals surface area contributed by atoms with Crippen molar-refractivity contribution in [3.05, 3.63) is 102 Å². The smallest absolute Gasteiger partial charge is 0.207 e. The maximum Gasteiger partial charge on any atom is 0.243 e. The maximum absolute atomic E-state index is 13.5. The van der Waals surface area contributed by atoms with Crippen molar-refractivity contribution in [1.82, 2.24) is 4.31 Å². The van der Waals surface area contributed by atoms with E-state index in [9.17, 15) is 8.42 Å². The average Bonchev–Trinajstić information content (AvgIpc) is 2.75. The van der Waals surface area contributed by atoms with Crippen LogP contribution in [0.25, 0.3) is 0 Å². The normalized spacial score (nSPS) is 20.8. The summed E-state index contributed by atoms with van der Waals surface area (Å²) in [6, 6.07) is 27.5. The summed E-state index contributed by atoms with van der Waals surface area (Å²) >= 11 is 0. The van der Waals surface area contributed by atoms with E-state index in [2.05, 4.69) is 24.3 Å². The lowest BCUT2D eigenvalue weighted by Crippen LogP contribution is -2.40. The van der Waals surface area contributed by atoms with Gasteiger partial charge < -0.3 is 0 Å². The first-order chi connectivity index (χ1) is 13.6. The molecule has 0 unspecified atom stereocenters. The Hall–Kier alpha value is -2.43. The molecule has 2 atom stereocenters. The Morgan fingerprint density at radius 3 is 1.96 bits per heavy atom. The van der Waals surface area contributed by atoms with Crippen molar-refractivity contribution in [1.29, 1.82) is 0 Å². The van der Waals surface area contributed by atoms with E-state index < -0.39 is 10.0 Å². The minimum absolute atomic E-state index is 0.161. The zero-order chi connectivity index (χ0) is 19.6. The molecule has 0 bridgehead atoms. The van der Waals surface area contributed by atoms with E-state index in [4.69, 9.17) is 0 Å². The molecule has 4 heteroatoms. The Kier molecular flexibility index (Phi) is 5.33. The van der Waals surface area contributed by atoms with Gasteiger partial charge in [-0.2, -0.15) is 4.31 Å². The van der Waals surface area contributed by atoms with Gasteiger partial charge in [-0.15, -0.1) is 0 Å². The summed E-state index contributed by atoms with van der Waals surface area (Å²) in [6.07, 6.45) is 1.62. The fourth-order valence-electron chi connectivity index (χ4n) is 4.08. The summed E-state index contributed by atoms with van der Waals surface area (Å²) in [5.74, 6) is 0.357. The highest BCUT2D eigenvalue weighted by atomic mass is 32.2. The number of rotatable bonds is 4. The second-order valence-electron chi connectivity index (χ2n) is 7.49. The minimum Gasteiger partial charge on any atom is -0.207 e. The molecule has 4 rings (SSSR count). The van der Waals surface area contributed by atoms with Gasteiger partial charge >= 0.3 is 0 Å². The molecular formula is C24H25NO2S. The lowest BCUT2D eigenvalue weighted by molar-refractivity contribution is 0.234. The van der Waals surface area contributed by atoms with E-state index in [-0.39, 0.29) is 6.04 Å². The van der Waals surface area contributed by atoms with Gasteiger partial charge in [-0.1, -0.05) is 78.4 Å². The molecule has 0 N–H and O–H groups in total. The van der Waals surface area contributed by atoms with Gasteiger partial charge in [0.05, 0.1) is 10.9 Å². The predicted octanol–water partition coefficient (Wildman–Crippen LogP) is 5.30. The summed E-state index contributed by atoms with van der Waals surface area (Å²) < 4.78 is 28.6. The third kappa shape index (κ3) is 3.75. The number of nitrogens with zero attached hydrogens (tertiary/aromatic N) is 1. The number of aryl methyl sites for hydroxylation is 1. The highest BCUT2D eigenvalue weighted by Crippen LogP contribution is 2.41. The number of piperidine rings is 1. The van der Waals surface area contributed by atoms with Crippen molar-refractivity contribution in [2.24, 2.45) is 0 Å². The Labute approximate surface area is 167 Å². The fourth-order valence-corrected chi connectivity index (χ4v) is 5.72. The lowest BCUT2D eigenvalue weighted by Gasteiger charge is -2.39. The van der Waals surface area contributed by atoms with Crippen LogP contribution in [0.5, 0.6) is 0 Å². The molecule has 1 aliphatic rings. The number of hydrogen-bond acceptors (Lipinski definition) is 2. The molecule has 1 aliphatic heterocycles. The molecule has 1 heterocycles. The van der Waals surface area contributed by atoms with E-state index in [1.807, 2.05) is 55.5 Å². The number of benzene rings is 3. The summed E-state index contributed by atoms with van der Waals surface area (Å²) in [6.45, 7) is 2.49. The Morgan fingerprint density at radius 2 is 1.36 bits per heavy atom. The van der Waals surface area contributed by atoms with Gasteiger partial charge in [0.15, 0.2) is 0 Å². The number of sulfonamides is 1. The van der Waals surface area contributed by atoms with Crippen LogP contribution < -0.4 is 0 Å². The SMILES string of the molecule is Cc1ccc(S(=O)(=O)N2CC[C@@H](c3ccccc3)C[C@H]2c2ccccc2)cc1. The lowest BCUT2D eigenvalue weighted by atomic mass is 9.84. The zero-order valence-corrected chi connectivity index (χ0v) is 16.8. The first-order valence-corrected chi connectivity index (χ1v) is 11.2. The van der Waals surface area contributed by atoms with Crippen LogP contribution in [-0.4, -0.2) is 19.3 Å². The molecule has 3 nitrogen and oxygen atoms in total. The topological polar surface area (TPSA) is 37.4 Å². The van der Waals surface area contributed by atoms with Crippen LogP contribution in [0.4, 0.5) is 0 Å². The first-order valence-electron chi connectivity index (χ1n) is 9.74. The summed E-state index contributed by atoms with van der Waals surface area (Å²) in [5.41, 5.74) is 3.40. The van der Waals surface area contributed by atoms with Crippen LogP contribution in [0.3, 0.4) is 0 Å². The average molecular weight is 392 g/mol. The third-order valence-electron chi connectivity index (χ3n) is 5.64. The van der Waals surface area contributed by atoms with E-state index in [0.29, 0.717) is 17.4 Å². The zero-order valence-electron chi connectivity index (χ0n) is 16.0. The molecule has 0 amide bonds. The summed E-state index contributed by atoms with van der Waals surface area (Å²) in [7, 11) is -3.55. The van der Waals surface area contributed by atoms with Gasteiger partial charge in [0, 0.05) is 6.54 Å². The Balaban J connectivity index is 1.71. The van der Waals surface area contributed by atoms with Crippen molar-refractivity contribution < 1.29 is 8.42 Å². The second kappa shape index (κ2) is 7.90. The van der Waals surface area contributed by atoms with E-state index in [0.717, 1.165) is 24.0 Å². The molecular weight excluding hydrogens is 366 g/mol. The largest absolute Gasteiger partial charge is 0.243 e. The van der Waals surface area contributed by atoms with Crippen LogP contribution in [0, 0.1) is 6.92 Å². The quantitative estimate of drug-likeness (QED) is 0.605. The van der Waals surface area contributed by atoms with Gasteiger partial charge in [0.1, 0.15) is 0 Å². The Morgan fingerprint density at radius 1 is 0.786 bits per heavy atom. The molecule has 0 aliphatic carbocycles. The van der Waals surface area contributed by atoms with Crippen LogP contribution in [-0.2, 0) is 10.0 Å². The third-order valence-corrected chi connectivity index (χ3v) is 7.56. The highest BCUT2D eigenvalue weighted by molar-refractivity contribution is 7.89. The molecule has 0 saturated carbocycles. The van der Waals surface area contributed by atoms with Gasteiger partial charge in [0.2, 0.25) is 10.0 Å². The monoisotopic (exact) mass is 391 g/mol. The van der Waals surface area contributed by atoms with Crippen LogP contribution in [0.15, 0.2) is 89.8 Å². The molecule has 3 aromatic rings. The van der Waals surface area contributed by atoms with Gasteiger partial charge in [-0.05, 0) is 48.9 Å². The Bertz CT molecular complexity index is 1020. The highest BCUT2D eigenvalue weighted by Gasteiger charge is 2.38. The van der Waals surface area contributed by atoms with Gasteiger partial charge in [0.25, 0.3) is 0 Å². The molecule has 3 aromatic carbocycles. The molecule has 1 fully saturated rings. The second-order valence-corrected chi connectivity index (χ2v) is 9.38. The molecule has 0 radical (unpaired) electrons. The van der Waals surface area contributed by atoms with Crippen molar-refractivity contribution in [2.75, 3.05) is 6.54 Å². The molecule has 28 heavy (non-hydrogen) atoms. The van der Waals surface area contributed by atoms with Crippen LogP contribution in [0.1, 0.15) is 41.5 Å². The van der Waals surface area contributed by atoms with Crippen molar-refractivity contribution in [3.8, 4) is 0 Å². The predicted molar refractivity (Wildman–Crippen MR) is 113 cm³/mol. The van der Waals surface area contributed by atoms with Gasteiger partial charge in [-0.3, -0.25) is 0 Å². The first kappa shape index (κ1) is 18.9. The van der Waals surface area contributed by atoms with E-state index >= 15 is 0 Å². The van der Waals surface area contributed by atoms with E-state index in [1.54, 1.807) is 16.4 Å².